The predicted octanol–water partition coefficient (Wildman–Crippen LogP) is 2.12. The van der Waals surface area contributed by atoms with Crippen molar-refractivity contribution in [3.8, 4) is 0 Å². The highest BCUT2D eigenvalue weighted by Gasteiger charge is 2.27. The van der Waals surface area contributed by atoms with E-state index in [-0.39, 0.29) is 18.1 Å². The number of rotatable bonds is 3. The predicted molar refractivity (Wildman–Crippen MR) is 73.9 cm³/mol. The van der Waals surface area contributed by atoms with Crippen molar-refractivity contribution in [1.29, 1.82) is 0 Å². The Balaban J connectivity index is 1.89. The lowest BCUT2D eigenvalue weighted by molar-refractivity contribution is -0.151. The molecule has 19 heavy (non-hydrogen) atoms. The number of nitrogens with one attached hydrogen (secondary N) is 1. The number of ether oxygens (including phenoxy) is 2. The molecule has 2 unspecified atom stereocenters. The van der Waals surface area contributed by atoms with Gasteiger partial charge >= 0.3 is 5.97 Å². The molecule has 0 aromatic rings. The Morgan fingerprint density at radius 1 is 1.21 bits per heavy atom. The van der Waals surface area contributed by atoms with Crippen LogP contribution in [0.25, 0.3) is 0 Å². The minimum atomic E-state index is -0.326. The lowest BCUT2D eigenvalue weighted by Gasteiger charge is -2.22. The largest absolute Gasteiger partial charge is 0.461 e. The second-order valence-electron chi connectivity index (χ2n) is 6.11. The van der Waals surface area contributed by atoms with Crippen LogP contribution in [0.1, 0.15) is 45.4 Å². The highest BCUT2D eigenvalue weighted by molar-refractivity contribution is 5.76. The van der Waals surface area contributed by atoms with Gasteiger partial charge in [0.1, 0.15) is 6.04 Å². The van der Waals surface area contributed by atoms with Crippen LogP contribution < -0.4 is 5.32 Å². The third-order valence-corrected chi connectivity index (χ3v) is 4.40. The summed E-state index contributed by atoms with van der Waals surface area (Å²) in [6, 6.07) is -0.326. The van der Waals surface area contributed by atoms with Crippen molar-refractivity contribution in [1.82, 2.24) is 5.32 Å². The summed E-state index contributed by atoms with van der Waals surface area (Å²) in [5.41, 5.74) is 0. The van der Waals surface area contributed by atoms with Gasteiger partial charge in [0.25, 0.3) is 0 Å². The molecule has 4 nitrogen and oxygen atoms in total. The van der Waals surface area contributed by atoms with Crippen molar-refractivity contribution in [3.05, 3.63) is 0 Å². The minimum Gasteiger partial charge on any atom is -0.461 e. The van der Waals surface area contributed by atoms with Gasteiger partial charge in [-0.3, -0.25) is 4.79 Å². The molecule has 2 rings (SSSR count). The van der Waals surface area contributed by atoms with Crippen molar-refractivity contribution in [3.63, 3.8) is 0 Å². The number of carbonyl (C=O) groups is 1. The van der Waals surface area contributed by atoms with Gasteiger partial charge in [0.2, 0.25) is 0 Å². The van der Waals surface area contributed by atoms with Crippen molar-refractivity contribution >= 4 is 5.97 Å². The molecule has 0 amide bonds. The van der Waals surface area contributed by atoms with E-state index < -0.39 is 0 Å². The molecule has 2 aliphatic rings. The summed E-state index contributed by atoms with van der Waals surface area (Å²) in [5.74, 6) is 1.20. The Morgan fingerprint density at radius 3 is 2.63 bits per heavy atom. The van der Waals surface area contributed by atoms with Crippen LogP contribution in [-0.4, -0.2) is 38.4 Å². The van der Waals surface area contributed by atoms with Crippen LogP contribution in [0, 0.1) is 11.8 Å². The normalized spacial score (nSPS) is 34.4. The van der Waals surface area contributed by atoms with Gasteiger partial charge in [-0.15, -0.1) is 0 Å². The number of likely N-dealkylation sites (N-methyl/N-ethyl adjacent to an activating group) is 1. The summed E-state index contributed by atoms with van der Waals surface area (Å²) in [7, 11) is 1.77. The first kappa shape index (κ1) is 14.8. The molecule has 0 radical (unpaired) electrons. The van der Waals surface area contributed by atoms with Crippen LogP contribution >= 0.6 is 0 Å². The zero-order valence-corrected chi connectivity index (χ0v) is 12.2. The standard InChI is InChI=1S/C15H27NO3/c1-11-7-13(8-12-5-3-4-6-12)9-18-10-14(16-2)15(17)19-11/h11-14,16H,3-10H2,1-2H3/t11?,13?,14-/m0/s1. The van der Waals surface area contributed by atoms with E-state index in [1.165, 1.54) is 32.1 Å². The Bertz CT molecular complexity index is 289. The average molecular weight is 269 g/mol. The van der Waals surface area contributed by atoms with E-state index in [4.69, 9.17) is 9.47 Å². The van der Waals surface area contributed by atoms with E-state index in [2.05, 4.69) is 5.32 Å². The summed E-state index contributed by atoms with van der Waals surface area (Å²) in [4.78, 5) is 11.8. The molecule has 110 valence electrons. The minimum absolute atomic E-state index is 0.00328. The molecule has 0 aromatic carbocycles. The molecule has 2 fully saturated rings. The van der Waals surface area contributed by atoms with E-state index in [1.54, 1.807) is 7.05 Å². The number of esters is 1. The fourth-order valence-corrected chi connectivity index (χ4v) is 3.37. The second kappa shape index (κ2) is 7.25. The third-order valence-electron chi connectivity index (χ3n) is 4.40. The van der Waals surface area contributed by atoms with Gasteiger partial charge in [0.15, 0.2) is 0 Å². The van der Waals surface area contributed by atoms with E-state index in [1.807, 2.05) is 6.92 Å². The van der Waals surface area contributed by atoms with E-state index in [0.29, 0.717) is 12.5 Å². The lowest BCUT2D eigenvalue weighted by Crippen LogP contribution is -2.40. The highest BCUT2D eigenvalue weighted by atomic mass is 16.5. The molecule has 3 atom stereocenters. The Kier molecular flexibility index (Phi) is 5.64. The number of cyclic esters (lactones) is 1. The van der Waals surface area contributed by atoms with Gasteiger partial charge in [-0.05, 0) is 38.6 Å². The molecule has 0 bridgehead atoms. The van der Waals surface area contributed by atoms with Gasteiger partial charge in [0, 0.05) is 6.61 Å². The van der Waals surface area contributed by atoms with Gasteiger partial charge < -0.3 is 14.8 Å². The topological polar surface area (TPSA) is 47.6 Å². The second-order valence-corrected chi connectivity index (χ2v) is 6.11. The molecule has 1 heterocycles. The fourth-order valence-electron chi connectivity index (χ4n) is 3.37. The van der Waals surface area contributed by atoms with E-state index in [0.717, 1.165) is 18.9 Å². The van der Waals surface area contributed by atoms with E-state index >= 15 is 0 Å². The molecule has 1 aliphatic carbocycles. The third kappa shape index (κ3) is 4.46. The maximum absolute atomic E-state index is 11.8. The number of hydrogen-bond donors (Lipinski definition) is 1. The smallest absolute Gasteiger partial charge is 0.325 e. The van der Waals surface area contributed by atoms with Crippen LogP contribution in [-0.2, 0) is 14.3 Å². The SMILES string of the molecule is CN[C@H]1COCC(CC2CCCC2)CC(C)OC1=O. The molecule has 0 aromatic heterocycles. The van der Waals surface area contributed by atoms with Crippen molar-refractivity contribution in [2.45, 2.75) is 57.6 Å². The van der Waals surface area contributed by atoms with E-state index in [9.17, 15) is 4.79 Å². The molecule has 1 aliphatic heterocycles. The number of carbonyl (C=O) groups excluding carboxylic acids is 1. The summed E-state index contributed by atoms with van der Waals surface area (Å²) >= 11 is 0. The quantitative estimate of drug-likeness (QED) is 0.797. The molecule has 1 saturated carbocycles. The lowest BCUT2D eigenvalue weighted by atomic mass is 9.90. The van der Waals surface area contributed by atoms with Crippen LogP contribution in [0.5, 0.6) is 0 Å². The van der Waals surface area contributed by atoms with Crippen molar-refractivity contribution < 1.29 is 14.3 Å². The Hall–Kier alpha value is -0.610. The molecule has 1 saturated heterocycles. The first-order valence-corrected chi connectivity index (χ1v) is 7.64. The zero-order chi connectivity index (χ0) is 13.7. The van der Waals surface area contributed by atoms with Crippen LogP contribution in [0.15, 0.2) is 0 Å². The summed E-state index contributed by atoms with van der Waals surface area (Å²) in [6.07, 6.45) is 7.64. The average Bonchev–Trinajstić information content (AvgIpc) is 2.87. The van der Waals surface area contributed by atoms with Crippen LogP contribution in [0.4, 0.5) is 0 Å². The summed E-state index contributed by atoms with van der Waals surface area (Å²) in [5, 5.41) is 2.96. The summed E-state index contributed by atoms with van der Waals surface area (Å²) < 4.78 is 11.2. The van der Waals surface area contributed by atoms with Gasteiger partial charge in [-0.25, -0.2) is 0 Å². The summed E-state index contributed by atoms with van der Waals surface area (Å²) in [6.45, 7) is 3.18. The Labute approximate surface area is 116 Å². The molecule has 4 heteroatoms. The van der Waals surface area contributed by atoms with Crippen molar-refractivity contribution in [2.75, 3.05) is 20.3 Å². The molecule has 1 N–H and O–H groups in total. The fraction of sp³-hybridized carbons (Fsp3) is 0.933. The van der Waals surface area contributed by atoms with Gasteiger partial charge in [-0.1, -0.05) is 25.7 Å². The Morgan fingerprint density at radius 2 is 1.95 bits per heavy atom. The highest BCUT2D eigenvalue weighted by Crippen LogP contribution is 2.32. The first-order valence-electron chi connectivity index (χ1n) is 7.64. The zero-order valence-electron chi connectivity index (χ0n) is 12.2. The van der Waals surface area contributed by atoms with Crippen LogP contribution in [0.3, 0.4) is 0 Å². The molecular formula is C15H27NO3. The van der Waals surface area contributed by atoms with Crippen molar-refractivity contribution in [2.24, 2.45) is 11.8 Å². The monoisotopic (exact) mass is 269 g/mol. The molecular weight excluding hydrogens is 242 g/mol. The first-order chi connectivity index (χ1) is 9.19. The van der Waals surface area contributed by atoms with Crippen LogP contribution in [0.2, 0.25) is 0 Å². The molecule has 0 spiro atoms. The van der Waals surface area contributed by atoms with Gasteiger partial charge in [0.05, 0.1) is 12.7 Å². The maximum atomic E-state index is 11.8. The number of hydrogen-bond acceptors (Lipinski definition) is 4. The van der Waals surface area contributed by atoms with Gasteiger partial charge in [-0.2, -0.15) is 0 Å². The maximum Gasteiger partial charge on any atom is 0.325 e.